The molecule has 1 heterocycles. The van der Waals surface area contributed by atoms with E-state index in [-0.39, 0.29) is 35.5 Å². The lowest BCUT2D eigenvalue weighted by Crippen LogP contribution is -2.31. The first kappa shape index (κ1) is 19.1. The minimum atomic E-state index is -0.291. The number of benzene rings is 2. The minimum Gasteiger partial charge on any atom is -0.322 e. The third-order valence-corrected chi connectivity index (χ3v) is 6.03. The van der Waals surface area contributed by atoms with Crippen LogP contribution in [0.4, 0.5) is 11.4 Å². The zero-order chi connectivity index (χ0) is 20.7. The Morgan fingerprint density at radius 1 is 1.00 bits per heavy atom. The second-order valence-corrected chi connectivity index (χ2v) is 7.97. The standard InChI is InChI=1S/C24H24N2O3/c1-14-7-10-18(13-16(14)3)25-22(27)17-8-11-19(12-9-17)26-23(28)20-6-4-5-15(2)21(20)24(26)29/h4-5,7-13,15,20-21H,6H2,1-3H3,(H,25,27)/t15-,20-,21-/m0/s1. The van der Waals surface area contributed by atoms with E-state index in [1.54, 1.807) is 24.3 Å². The molecule has 1 fully saturated rings. The number of aryl methyl sites for hydroxylation is 2. The van der Waals surface area contributed by atoms with Gasteiger partial charge in [-0.05, 0) is 73.7 Å². The molecule has 0 unspecified atom stereocenters. The molecule has 1 aliphatic heterocycles. The van der Waals surface area contributed by atoms with Crippen LogP contribution >= 0.6 is 0 Å². The van der Waals surface area contributed by atoms with Gasteiger partial charge < -0.3 is 5.32 Å². The molecule has 1 aliphatic carbocycles. The van der Waals surface area contributed by atoms with Crippen LogP contribution in [0.15, 0.2) is 54.6 Å². The van der Waals surface area contributed by atoms with Crippen LogP contribution in [0, 0.1) is 31.6 Å². The third kappa shape index (κ3) is 3.37. The number of fused-ring (bicyclic) bond motifs is 1. The Bertz CT molecular complexity index is 1020. The number of hydrogen-bond donors (Lipinski definition) is 1. The van der Waals surface area contributed by atoms with E-state index in [2.05, 4.69) is 5.32 Å². The summed E-state index contributed by atoms with van der Waals surface area (Å²) in [5, 5.41) is 2.88. The van der Waals surface area contributed by atoms with E-state index >= 15 is 0 Å². The van der Waals surface area contributed by atoms with Crippen LogP contribution in [-0.4, -0.2) is 17.7 Å². The number of carbonyl (C=O) groups is 3. The van der Waals surface area contributed by atoms with Crippen molar-refractivity contribution < 1.29 is 14.4 Å². The molecule has 0 bridgehead atoms. The van der Waals surface area contributed by atoms with Gasteiger partial charge in [-0.3, -0.25) is 19.3 Å². The number of rotatable bonds is 3. The maximum absolute atomic E-state index is 12.9. The van der Waals surface area contributed by atoms with E-state index in [4.69, 9.17) is 0 Å². The molecule has 148 valence electrons. The third-order valence-electron chi connectivity index (χ3n) is 6.03. The van der Waals surface area contributed by atoms with E-state index in [9.17, 15) is 14.4 Å². The largest absolute Gasteiger partial charge is 0.322 e. The van der Waals surface area contributed by atoms with Gasteiger partial charge in [-0.1, -0.05) is 25.1 Å². The van der Waals surface area contributed by atoms with Gasteiger partial charge in [0.25, 0.3) is 5.91 Å². The minimum absolute atomic E-state index is 0.0539. The molecule has 0 radical (unpaired) electrons. The van der Waals surface area contributed by atoms with Crippen LogP contribution in [0.1, 0.15) is 34.8 Å². The fourth-order valence-electron chi connectivity index (χ4n) is 4.19. The maximum Gasteiger partial charge on any atom is 0.255 e. The van der Waals surface area contributed by atoms with Crippen molar-refractivity contribution in [3.8, 4) is 0 Å². The molecular weight excluding hydrogens is 364 g/mol. The van der Waals surface area contributed by atoms with Gasteiger partial charge in [0.15, 0.2) is 0 Å². The fourth-order valence-corrected chi connectivity index (χ4v) is 4.19. The molecule has 0 aromatic heterocycles. The number of allylic oxidation sites excluding steroid dienone is 2. The molecule has 2 aromatic rings. The molecule has 1 N–H and O–H groups in total. The predicted octanol–water partition coefficient (Wildman–Crippen LogP) is 4.26. The topological polar surface area (TPSA) is 66.5 Å². The van der Waals surface area contributed by atoms with Crippen molar-refractivity contribution in [3.05, 3.63) is 71.3 Å². The van der Waals surface area contributed by atoms with Gasteiger partial charge in [0, 0.05) is 11.3 Å². The van der Waals surface area contributed by atoms with Crippen molar-refractivity contribution in [2.45, 2.75) is 27.2 Å². The van der Waals surface area contributed by atoms with Crippen molar-refractivity contribution in [2.75, 3.05) is 10.2 Å². The average Bonchev–Trinajstić information content (AvgIpc) is 2.96. The number of nitrogens with one attached hydrogen (secondary N) is 1. The van der Waals surface area contributed by atoms with Crippen LogP contribution in [0.2, 0.25) is 0 Å². The first-order valence-electron chi connectivity index (χ1n) is 9.90. The highest BCUT2D eigenvalue weighted by molar-refractivity contribution is 6.22. The van der Waals surface area contributed by atoms with Crippen LogP contribution < -0.4 is 10.2 Å². The summed E-state index contributed by atoms with van der Waals surface area (Å²) in [4.78, 5) is 39.5. The lowest BCUT2D eigenvalue weighted by molar-refractivity contribution is -0.122. The highest BCUT2D eigenvalue weighted by atomic mass is 16.2. The van der Waals surface area contributed by atoms with Crippen molar-refractivity contribution in [1.29, 1.82) is 0 Å². The van der Waals surface area contributed by atoms with Crippen molar-refractivity contribution >= 4 is 29.1 Å². The Balaban J connectivity index is 1.52. The van der Waals surface area contributed by atoms with Crippen LogP contribution in [0.5, 0.6) is 0 Å². The summed E-state index contributed by atoms with van der Waals surface area (Å²) < 4.78 is 0. The zero-order valence-electron chi connectivity index (χ0n) is 16.8. The highest BCUT2D eigenvalue weighted by Crippen LogP contribution is 2.40. The quantitative estimate of drug-likeness (QED) is 0.631. The number of amides is 3. The van der Waals surface area contributed by atoms with Gasteiger partial charge in [0.05, 0.1) is 17.5 Å². The second-order valence-electron chi connectivity index (χ2n) is 7.97. The fraction of sp³-hybridized carbons (Fsp3) is 0.292. The van der Waals surface area contributed by atoms with Crippen molar-refractivity contribution in [2.24, 2.45) is 17.8 Å². The van der Waals surface area contributed by atoms with Crippen LogP contribution in [-0.2, 0) is 9.59 Å². The van der Waals surface area contributed by atoms with E-state index in [0.29, 0.717) is 17.7 Å². The number of nitrogens with zero attached hydrogens (tertiary/aromatic N) is 1. The number of anilines is 2. The molecule has 0 spiro atoms. The Hall–Kier alpha value is -3.21. The molecule has 4 rings (SSSR count). The summed E-state index contributed by atoms with van der Waals surface area (Å²) in [6.07, 6.45) is 4.60. The Labute approximate surface area is 170 Å². The van der Waals surface area contributed by atoms with E-state index in [1.165, 1.54) is 4.90 Å². The van der Waals surface area contributed by atoms with Crippen LogP contribution in [0.25, 0.3) is 0 Å². The van der Waals surface area contributed by atoms with E-state index < -0.39 is 0 Å². The maximum atomic E-state index is 12.9. The van der Waals surface area contributed by atoms with Gasteiger partial charge in [-0.25, -0.2) is 0 Å². The number of hydrogen-bond acceptors (Lipinski definition) is 3. The van der Waals surface area contributed by atoms with Gasteiger partial charge in [0.2, 0.25) is 11.8 Å². The molecule has 29 heavy (non-hydrogen) atoms. The molecule has 0 saturated carbocycles. The summed E-state index contributed by atoms with van der Waals surface area (Å²) in [7, 11) is 0. The average molecular weight is 388 g/mol. The Kier molecular flexibility index (Phi) is 4.82. The van der Waals surface area contributed by atoms with Crippen molar-refractivity contribution in [1.82, 2.24) is 0 Å². The summed E-state index contributed by atoms with van der Waals surface area (Å²) in [6, 6.07) is 12.4. The van der Waals surface area contributed by atoms with Gasteiger partial charge in [-0.2, -0.15) is 0 Å². The smallest absolute Gasteiger partial charge is 0.255 e. The molecule has 2 aromatic carbocycles. The van der Waals surface area contributed by atoms with Gasteiger partial charge in [-0.15, -0.1) is 0 Å². The number of carbonyl (C=O) groups excluding carboxylic acids is 3. The van der Waals surface area contributed by atoms with Crippen LogP contribution in [0.3, 0.4) is 0 Å². The lowest BCUT2D eigenvalue weighted by atomic mass is 9.78. The van der Waals surface area contributed by atoms with E-state index in [0.717, 1.165) is 16.8 Å². The molecule has 5 heteroatoms. The van der Waals surface area contributed by atoms with Crippen molar-refractivity contribution in [3.63, 3.8) is 0 Å². The molecule has 1 saturated heterocycles. The monoisotopic (exact) mass is 388 g/mol. The normalized spacial score (nSPS) is 23.3. The summed E-state index contributed by atoms with van der Waals surface area (Å²) in [6.45, 7) is 5.99. The highest BCUT2D eigenvalue weighted by Gasteiger charge is 2.50. The Morgan fingerprint density at radius 2 is 1.72 bits per heavy atom. The number of imide groups is 1. The van der Waals surface area contributed by atoms with E-state index in [1.807, 2.05) is 51.1 Å². The second kappa shape index (κ2) is 7.32. The predicted molar refractivity (Wildman–Crippen MR) is 113 cm³/mol. The first-order chi connectivity index (χ1) is 13.9. The summed E-state index contributed by atoms with van der Waals surface area (Å²) in [5.74, 6) is -1.05. The SMILES string of the molecule is Cc1ccc(NC(=O)c2ccc(N3C(=O)[C@@H]4[C@H](CC=C[C@@H]4C)C3=O)cc2)cc1C. The summed E-state index contributed by atoms with van der Waals surface area (Å²) >= 11 is 0. The van der Waals surface area contributed by atoms with Gasteiger partial charge in [0.1, 0.15) is 0 Å². The van der Waals surface area contributed by atoms with Gasteiger partial charge >= 0.3 is 0 Å². The molecule has 2 aliphatic rings. The molecule has 5 nitrogen and oxygen atoms in total. The first-order valence-corrected chi connectivity index (χ1v) is 9.90. The molecule has 3 atom stereocenters. The molecular formula is C24H24N2O3. The molecule has 3 amide bonds. The zero-order valence-corrected chi connectivity index (χ0v) is 16.8. The lowest BCUT2D eigenvalue weighted by Gasteiger charge is -2.22. The Morgan fingerprint density at radius 3 is 2.38 bits per heavy atom. The summed E-state index contributed by atoms with van der Waals surface area (Å²) in [5.41, 5.74) is 3.99.